The minimum atomic E-state index is -1.03. The van der Waals surface area contributed by atoms with Gasteiger partial charge in [0.25, 0.3) is 0 Å². The van der Waals surface area contributed by atoms with Crippen LogP contribution in [-0.2, 0) is 23.9 Å². The molecule has 0 aliphatic heterocycles. The summed E-state index contributed by atoms with van der Waals surface area (Å²) in [6.45, 7) is 14.9. The number of esters is 1. The van der Waals surface area contributed by atoms with E-state index in [1.807, 2.05) is 45.2 Å². The Hall–Kier alpha value is -2.75. The normalized spacial score (nSPS) is 13.7. The standard InChI is InChI=1S/C30H49N3O6S/c1-19(2)14-15-21(4)33(28(36)24(16-17-40-10)32-29(37)39-30(6,7)8)26(27(35)31-18-25(34)38-9)23-13-11-12-20(3)22(23)5/h11-13,19,21,24,26H,14-18H2,1-10H3,(H,31,35)(H,32,37). The van der Waals surface area contributed by atoms with E-state index in [0.717, 1.165) is 17.5 Å². The number of nitrogens with one attached hydrogen (secondary N) is 2. The van der Waals surface area contributed by atoms with Crippen molar-refractivity contribution < 1.29 is 28.7 Å². The van der Waals surface area contributed by atoms with E-state index in [0.29, 0.717) is 30.1 Å². The van der Waals surface area contributed by atoms with E-state index in [1.165, 1.54) is 7.11 Å². The van der Waals surface area contributed by atoms with Crippen LogP contribution in [0, 0.1) is 19.8 Å². The molecule has 0 spiro atoms. The molecule has 0 heterocycles. The highest BCUT2D eigenvalue weighted by atomic mass is 32.2. The van der Waals surface area contributed by atoms with Gasteiger partial charge in [0, 0.05) is 6.04 Å². The van der Waals surface area contributed by atoms with Gasteiger partial charge in [-0.15, -0.1) is 0 Å². The second-order valence-corrected chi connectivity index (χ2v) is 12.5. The highest BCUT2D eigenvalue weighted by molar-refractivity contribution is 7.98. The van der Waals surface area contributed by atoms with Gasteiger partial charge in [-0.05, 0) is 95.4 Å². The number of benzene rings is 1. The fourth-order valence-electron chi connectivity index (χ4n) is 4.25. The molecule has 0 bridgehead atoms. The number of carbonyl (C=O) groups excluding carboxylic acids is 4. The van der Waals surface area contributed by atoms with Crippen LogP contribution < -0.4 is 10.6 Å². The molecule has 9 nitrogen and oxygen atoms in total. The summed E-state index contributed by atoms with van der Waals surface area (Å²) in [5.74, 6) is -0.467. The molecule has 0 saturated heterocycles. The molecule has 0 aromatic heterocycles. The zero-order valence-electron chi connectivity index (χ0n) is 25.9. The van der Waals surface area contributed by atoms with Gasteiger partial charge < -0.3 is 25.0 Å². The van der Waals surface area contributed by atoms with E-state index in [2.05, 4.69) is 24.5 Å². The van der Waals surface area contributed by atoms with Crippen LogP contribution in [-0.4, -0.2) is 72.1 Å². The summed E-state index contributed by atoms with van der Waals surface area (Å²) in [6.07, 6.45) is 3.08. The molecule has 1 aromatic carbocycles. The van der Waals surface area contributed by atoms with Gasteiger partial charge in [0.1, 0.15) is 24.2 Å². The number of aryl methyl sites for hydroxylation is 1. The highest BCUT2D eigenvalue weighted by Crippen LogP contribution is 2.31. The van der Waals surface area contributed by atoms with Gasteiger partial charge in [-0.1, -0.05) is 32.0 Å². The molecule has 1 rings (SSSR count). The van der Waals surface area contributed by atoms with E-state index >= 15 is 0 Å². The SMILES string of the molecule is COC(=O)CNC(=O)C(c1cccc(C)c1C)N(C(=O)C(CCSC)NC(=O)OC(C)(C)C)C(C)CCC(C)C. The van der Waals surface area contributed by atoms with Crippen LogP contribution in [0.15, 0.2) is 18.2 Å². The Morgan fingerprint density at radius 2 is 1.68 bits per heavy atom. The van der Waals surface area contributed by atoms with Crippen LogP contribution >= 0.6 is 11.8 Å². The third-order valence-electron chi connectivity index (χ3n) is 6.59. The van der Waals surface area contributed by atoms with Gasteiger partial charge in [0.05, 0.1) is 7.11 Å². The van der Waals surface area contributed by atoms with Crippen molar-refractivity contribution in [3.63, 3.8) is 0 Å². The lowest BCUT2D eigenvalue weighted by Gasteiger charge is -2.39. The molecule has 0 fully saturated rings. The van der Waals surface area contributed by atoms with Crippen molar-refractivity contribution in [1.29, 1.82) is 0 Å². The van der Waals surface area contributed by atoms with Crippen LogP contribution in [0.5, 0.6) is 0 Å². The molecule has 0 aliphatic rings. The Morgan fingerprint density at radius 1 is 1.02 bits per heavy atom. The van der Waals surface area contributed by atoms with Crippen LogP contribution in [0.1, 0.15) is 83.5 Å². The fraction of sp³-hybridized carbons (Fsp3) is 0.667. The van der Waals surface area contributed by atoms with Crippen molar-refractivity contribution in [2.45, 2.75) is 98.4 Å². The molecule has 0 aliphatic carbocycles. The number of ether oxygens (including phenoxy) is 2. The molecule has 10 heteroatoms. The summed E-state index contributed by atoms with van der Waals surface area (Å²) in [5, 5.41) is 5.43. The molecule has 0 saturated carbocycles. The number of alkyl carbamates (subject to hydrolysis) is 1. The number of amides is 3. The summed E-state index contributed by atoms with van der Waals surface area (Å²) >= 11 is 1.56. The number of methoxy groups -OCH3 is 1. The first-order chi connectivity index (χ1) is 18.6. The van der Waals surface area contributed by atoms with Crippen LogP contribution in [0.3, 0.4) is 0 Å². The Kier molecular flexibility index (Phi) is 14.6. The Bertz CT molecular complexity index is 1010. The molecule has 40 heavy (non-hydrogen) atoms. The van der Waals surface area contributed by atoms with Crippen LogP contribution in [0.2, 0.25) is 0 Å². The lowest BCUT2D eigenvalue weighted by Crippen LogP contribution is -2.56. The van der Waals surface area contributed by atoms with Gasteiger partial charge >= 0.3 is 12.1 Å². The van der Waals surface area contributed by atoms with E-state index < -0.39 is 35.7 Å². The van der Waals surface area contributed by atoms with Crippen LogP contribution in [0.25, 0.3) is 0 Å². The van der Waals surface area contributed by atoms with Crippen molar-refractivity contribution in [2.75, 3.05) is 25.7 Å². The number of hydrogen-bond donors (Lipinski definition) is 2. The summed E-state index contributed by atoms with van der Waals surface area (Å²) in [4.78, 5) is 54.5. The first-order valence-corrected chi connectivity index (χ1v) is 15.2. The third kappa shape index (κ3) is 11.4. The minimum Gasteiger partial charge on any atom is -0.468 e. The van der Waals surface area contributed by atoms with Crippen molar-refractivity contribution in [2.24, 2.45) is 5.92 Å². The fourth-order valence-corrected chi connectivity index (χ4v) is 4.72. The zero-order chi connectivity index (χ0) is 30.6. The summed E-state index contributed by atoms with van der Waals surface area (Å²) in [7, 11) is 1.25. The summed E-state index contributed by atoms with van der Waals surface area (Å²) in [5.41, 5.74) is 1.76. The van der Waals surface area contributed by atoms with Crippen molar-refractivity contribution >= 4 is 35.6 Å². The minimum absolute atomic E-state index is 0.328. The number of carbonyl (C=O) groups is 4. The lowest BCUT2D eigenvalue weighted by atomic mass is 9.92. The van der Waals surface area contributed by atoms with Crippen molar-refractivity contribution in [1.82, 2.24) is 15.5 Å². The van der Waals surface area contributed by atoms with Crippen molar-refractivity contribution in [3.05, 3.63) is 34.9 Å². The van der Waals surface area contributed by atoms with Gasteiger partial charge in [0.2, 0.25) is 11.8 Å². The summed E-state index contributed by atoms with van der Waals surface area (Å²) in [6, 6.07) is 3.34. The first kappa shape index (κ1) is 35.3. The second-order valence-electron chi connectivity index (χ2n) is 11.5. The Labute approximate surface area is 244 Å². The average molecular weight is 580 g/mol. The first-order valence-electron chi connectivity index (χ1n) is 13.8. The number of thioether (sulfide) groups is 1. The van der Waals surface area contributed by atoms with Gasteiger partial charge in [-0.25, -0.2) is 4.79 Å². The third-order valence-corrected chi connectivity index (χ3v) is 7.24. The molecular formula is C30H49N3O6S. The number of rotatable bonds is 14. The van der Waals surface area contributed by atoms with Crippen molar-refractivity contribution in [3.8, 4) is 0 Å². The maximum atomic E-state index is 14.4. The second kappa shape index (κ2) is 16.5. The monoisotopic (exact) mass is 579 g/mol. The number of nitrogens with zero attached hydrogens (tertiary/aromatic N) is 1. The van der Waals surface area contributed by atoms with Gasteiger partial charge in [0.15, 0.2) is 0 Å². The van der Waals surface area contributed by atoms with E-state index in [4.69, 9.17) is 9.47 Å². The average Bonchev–Trinajstić information content (AvgIpc) is 2.86. The molecule has 0 radical (unpaired) electrons. The molecule has 1 aromatic rings. The smallest absolute Gasteiger partial charge is 0.408 e. The van der Waals surface area contributed by atoms with Crippen LogP contribution in [0.4, 0.5) is 4.79 Å². The lowest BCUT2D eigenvalue weighted by molar-refractivity contribution is -0.146. The topological polar surface area (TPSA) is 114 Å². The maximum Gasteiger partial charge on any atom is 0.408 e. The molecule has 2 N–H and O–H groups in total. The summed E-state index contributed by atoms with van der Waals surface area (Å²) < 4.78 is 10.2. The molecule has 226 valence electrons. The predicted octanol–water partition coefficient (Wildman–Crippen LogP) is 4.93. The van der Waals surface area contributed by atoms with Gasteiger partial charge in [-0.3, -0.25) is 14.4 Å². The quantitative estimate of drug-likeness (QED) is 0.300. The van der Waals surface area contributed by atoms with E-state index in [1.54, 1.807) is 37.4 Å². The largest absolute Gasteiger partial charge is 0.468 e. The highest BCUT2D eigenvalue weighted by Gasteiger charge is 2.39. The Morgan fingerprint density at radius 3 is 2.23 bits per heavy atom. The predicted molar refractivity (Wildman–Crippen MR) is 160 cm³/mol. The molecular weight excluding hydrogens is 530 g/mol. The molecule has 3 unspecified atom stereocenters. The number of hydrogen-bond acceptors (Lipinski definition) is 7. The molecule has 3 atom stereocenters. The zero-order valence-corrected chi connectivity index (χ0v) is 26.7. The van der Waals surface area contributed by atoms with E-state index in [-0.39, 0.29) is 18.5 Å². The van der Waals surface area contributed by atoms with E-state index in [9.17, 15) is 19.2 Å². The molecule has 3 amide bonds. The Balaban J connectivity index is 3.69. The van der Waals surface area contributed by atoms with Gasteiger partial charge in [-0.2, -0.15) is 11.8 Å². The maximum absolute atomic E-state index is 14.4.